The number of phenols is 1. The fraction of sp³-hybridized carbons (Fsp3) is 0.250. The third-order valence-corrected chi connectivity index (χ3v) is 4.65. The minimum absolute atomic E-state index is 0.294. The molecule has 0 fully saturated rings. The highest BCUT2D eigenvalue weighted by atomic mass is 16.3. The highest BCUT2D eigenvalue weighted by Crippen LogP contribution is 2.34. The summed E-state index contributed by atoms with van der Waals surface area (Å²) in [7, 11) is 2.13. The lowest BCUT2D eigenvalue weighted by atomic mass is 10.0. The minimum Gasteiger partial charge on any atom is -0.508 e. The van der Waals surface area contributed by atoms with Crippen LogP contribution in [0, 0.1) is 6.92 Å². The number of hydrogen-bond donors (Lipinski definition) is 1. The first kappa shape index (κ1) is 15.0. The van der Waals surface area contributed by atoms with Crippen molar-refractivity contribution < 1.29 is 5.11 Å². The molecule has 1 aliphatic heterocycles. The zero-order valence-electron chi connectivity index (χ0n) is 14.0. The zero-order chi connectivity index (χ0) is 16.7. The molecule has 1 aliphatic rings. The van der Waals surface area contributed by atoms with Gasteiger partial charge < -0.3 is 5.11 Å². The van der Waals surface area contributed by atoms with Gasteiger partial charge in [0, 0.05) is 24.2 Å². The molecule has 0 amide bonds. The monoisotopic (exact) mass is 319 g/mol. The maximum atomic E-state index is 9.49. The van der Waals surface area contributed by atoms with Crippen molar-refractivity contribution in [1.29, 1.82) is 0 Å². The van der Waals surface area contributed by atoms with Crippen molar-refractivity contribution in [2.75, 3.05) is 7.05 Å². The standard InChI is InChI=1S/C20H21N3O/c1-14-5-3-4-6-17(14)20-18-12-22(2)13-19(18)21-23(20)11-15-7-9-16(24)10-8-15/h3-10,24H,11-13H2,1-2H3. The van der Waals surface area contributed by atoms with Crippen LogP contribution < -0.4 is 0 Å². The van der Waals surface area contributed by atoms with E-state index >= 15 is 0 Å². The van der Waals surface area contributed by atoms with E-state index in [1.807, 2.05) is 12.1 Å². The predicted octanol–water partition coefficient (Wildman–Crippen LogP) is 3.56. The molecule has 24 heavy (non-hydrogen) atoms. The van der Waals surface area contributed by atoms with Crippen LogP contribution in [0.4, 0.5) is 0 Å². The van der Waals surface area contributed by atoms with Gasteiger partial charge in [0.05, 0.1) is 17.9 Å². The Morgan fingerprint density at radius 2 is 1.79 bits per heavy atom. The van der Waals surface area contributed by atoms with Crippen LogP contribution in [0.25, 0.3) is 11.3 Å². The number of fused-ring (bicyclic) bond motifs is 1. The molecule has 4 nitrogen and oxygen atoms in total. The van der Waals surface area contributed by atoms with E-state index in [1.54, 1.807) is 12.1 Å². The lowest BCUT2D eigenvalue weighted by molar-refractivity contribution is 0.346. The van der Waals surface area contributed by atoms with Crippen LogP contribution in [0.5, 0.6) is 5.75 Å². The van der Waals surface area contributed by atoms with Crippen molar-refractivity contribution in [2.24, 2.45) is 0 Å². The maximum Gasteiger partial charge on any atom is 0.115 e. The molecule has 1 N–H and O–H groups in total. The second-order valence-corrected chi connectivity index (χ2v) is 6.59. The summed E-state index contributed by atoms with van der Waals surface area (Å²) in [6, 6.07) is 15.9. The molecule has 0 saturated carbocycles. The Labute approximate surface area is 142 Å². The van der Waals surface area contributed by atoms with Crippen LogP contribution >= 0.6 is 0 Å². The molecular formula is C20H21N3O. The van der Waals surface area contributed by atoms with Gasteiger partial charge in [-0.3, -0.25) is 9.58 Å². The van der Waals surface area contributed by atoms with Crippen molar-refractivity contribution >= 4 is 0 Å². The third-order valence-electron chi connectivity index (χ3n) is 4.65. The largest absolute Gasteiger partial charge is 0.508 e. The van der Waals surface area contributed by atoms with Gasteiger partial charge in [-0.15, -0.1) is 0 Å². The van der Waals surface area contributed by atoms with Crippen LogP contribution in [0.15, 0.2) is 48.5 Å². The number of benzene rings is 2. The average Bonchev–Trinajstić information content (AvgIpc) is 3.06. The molecule has 4 rings (SSSR count). The third kappa shape index (κ3) is 2.59. The number of hydrogen-bond acceptors (Lipinski definition) is 3. The first-order valence-corrected chi connectivity index (χ1v) is 8.23. The van der Waals surface area contributed by atoms with Gasteiger partial charge in [-0.1, -0.05) is 36.4 Å². The number of aryl methyl sites for hydroxylation is 1. The van der Waals surface area contributed by atoms with Gasteiger partial charge in [0.15, 0.2) is 0 Å². The van der Waals surface area contributed by atoms with Crippen molar-refractivity contribution in [3.05, 3.63) is 70.9 Å². The van der Waals surface area contributed by atoms with E-state index in [0.29, 0.717) is 12.3 Å². The van der Waals surface area contributed by atoms with E-state index in [9.17, 15) is 5.11 Å². The number of nitrogens with zero attached hydrogens (tertiary/aromatic N) is 3. The number of rotatable bonds is 3. The first-order valence-electron chi connectivity index (χ1n) is 8.23. The average molecular weight is 319 g/mol. The SMILES string of the molecule is Cc1ccccc1-c1c2c(nn1Cc1ccc(O)cc1)CN(C)C2. The number of phenolic OH excluding ortho intramolecular Hbond substituents is 1. The first-order chi connectivity index (χ1) is 11.6. The highest BCUT2D eigenvalue weighted by Gasteiger charge is 2.26. The minimum atomic E-state index is 0.294. The number of aromatic hydroxyl groups is 1. The Morgan fingerprint density at radius 3 is 2.54 bits per heavy atom. The van der Waals surface area contributed by atoms with E-state index in [4.69, 9.17) is 5.10 Å². The van der Waals surface area contributed by atoms with Gasteiger partial charge >= 0.3 is 0 Å². The lowest BCUT2D eigenvalue weighted by Gasteiger charge is -2.14. The van der Waals surface area contributed by atoms with Crippen LogP contribution in [0.3, 0.4) is 0 Å². The summed E-state index contributed by atoms with van der Waals surface area (Å²) in [6.07, 6.45) is 0. The second kappa shape index (κ2) is 5.80. The topological polar surface area (TPSA) is 41.3 Å². The molecule has 4 heteroatoms. The van der Waals surface area contributed by atoms with Crippen molar-refractivity contribution in [3.8, 4) is 17.0 Å². The molecule has 0 unspecified atom stereocenters. The van der Waals surface area contributed by atoms with Gasteiger partial charge in [-0.2, -0.15) is 5.10 Å². The molecule has 0 radical (unpaired) electrons. The molecule has 1 aromatic heterocycles. The normalized spacial score (nSPS) is 14.1. The molecule has 2 heterocycles. The summed E-state index contributed by atoms with van der Waals surface area (Å²) >= 11 is 0. The summed E-state index contributed by atoms with van der Waals surface area (Å²) in [5.41, 5.74) is 7.39. The van der Waals surface area contributed by atoms with E-state index in [1.165, 1.54) is 28.1 Å². The molecular weight excluding hydrogens is 298 g/mol. The molecule has 0 saturated heterocycles. The Bertz CT molecular complexity index is 880. The lowest BCUT2D eigenvalue weighted by Crippen LogP contribution is -2.13. The van der Waals surface area contributed by atoms with Gasteiger partial charge in [-0.05, 0) is 37.2 Å². The van der Waals surface area contributed by atoms with E-state index < -0.39 is 0 Å². The fourth-order valence-corrected chi connectivity index (χ4v) is 3.45. The van der Waals surface area contributed by atoms with Gasteiger partial charge in [0.2, 0.25) is 0 Å². The molecule has 0 aliphatic carbocycles. The zero-order valence-corrected chi connectivity index (χ0v) is 14.0. The summed E-state index contributed by atoms with van der Waals surface area (Å²) in [6.45, 7) is 4.70. The summed E-state index contributed by atoms with van der Waals surface area (Å²) < 4.78 is 2.12. The maximum absolute atomic E-state index is 9.49. The van der Waals surface area contributed by atoms with Gasteiger partial charge in [0.1, 0.15) is 5.75 Å². The van der Waals surface area contributed by atoms with E-state index in [2.05, 4.69) is 47.8 Å². The smallest absolute Gasteiger partial charge is 0.115 e. The molecule has 3 aromatic rings. The Balaban J connectivity index is 1.81. The van der Waals surface area contributed by atoms with Crippen molar-refractivity contribution in [3.63, 3.8) is 0 Å². The molecule has 0 spiro atoms. The summed E-state index contributed by atoms with van der Waals surface area (Å²) in [5.74, 6) is 0.294. The Morgan fingerprint density at radius 1 is 1.04 bits per heavy atom. The summed E-state index contributed by atoms with van der Waals surface area (Å²) in [4.78, 5) is 2.30. The quantitative estimate of drug-likeness (QED) is 0.802. The Kier molecular flexibility index (Phi) is 3.62. The van der Waals surface area contributed by atoms with E-state index in [-0.39, 0.29) is 0 Å². The van der Waals surface area contributed by atoms with Crippen LogP contribution in [0.2, 0.25) is 0 Å². The van der Waals surface area contributed by atoms with Crippen molar-refractivity contribution in [1.82, 2.24) is 14.7 Å². The molecule has 0 bridgehead atoms. The van der Waals surface area contributed by atoms with E-state index in [0.717, 1.165) is 18.7 Å². The van der Waals surface area contributed by atoms with Crippen molar-refractivity contribution in [2.45, 2.75) is 26.6 Å². The second-order valence-electron chi connectivity index (χ2n) is 6.59. The predicted molar refractivity (Wildman–Crippen MR) is 94.8 cm³/mol. The van der Waals surface area contributed by atoms with Crippen LogP contribution in [0.1, 0.15) is 22.4 Å². The van der Waals surface area contributed by atoms with Gasteiger partial charge in [-0.25, -0.2) is 0 Å². The summed E-state index contributed by atoms with van der Waals surface area (Å²) in [5, 5.41) is 14.4. The number of aromatic nitrogens is 2. The van der Waals surface area contributed by atoms with Crippen LogP contribution in [-0.4, -0.2) is 26.8 Å². The van der Waals surface area contributed by atoms with Crippen LogP contribution in [-0.2, 0) is 19.6 Å². The molecule has 2 aromatic carbocycles. The van der Waals surface area contributed by atoms with Gasteiger partial charge in [0.25, 0.3) is 0 Å². The fourth-order valence-electron chi connectivity index (χ4n) is 3.45. The Hall–Kier alpha value is -2.59. The molecule has 122 valence electrons. The molecule has 0 atom stereocenters. The highest BCUT2D eigenvalue weighted by molar-refractivity contribution is 5.69.